The van der Waals surface area contributed by atoms with Crippen LogP contribution in [-0.4, -0.2) is 30.4 Å². The van der Waals surface area contributed by atoms with Gasteiger partial charge in [-0.1, -0.05) is 44.5 Å². The summed E-state index contributed by atoms with van der Waals surface area (Å²) < 4.78 is 11.7. The highest BCUT2D eigenvalue weighted by atomic mass is 16.5. The van der Waals surface area contributed by atoms with Gasteiger partial charge in [0.25, 0.3) is 0 Å². The second kappa shape index (κ2) is 9.97. The minimum atomic E-state index is -0.915. The summed E-state index contributed by atoms with van der Waals surface area (Å²) in [6.45, 7) is 7.80. The van der Waals surface area contributed by atoms with E-state index in [-0.39, 0.29) is 11.7 Å². The van der Waals surface area contributed by atoms with E-state index in [1.807, 2.05) is 36.4 Å². The maximum absolute atomic E-state index is 10.9. The normalized spacial score (nSPS) is 13.2. The first-order chi connectivity index (χ1) is 12.5. The predicted octanol–water partition coefficient (Wildman–Crippen LogP) is 5.27. The largest absolute Gasteiger partial charge is 0.493 e. The first-order valence-corrected chi connectivity index (χ1v) is 9.19. The molecule has 1 N–H and O–H groups in total. The van der Waals surface area contributed by atoms with E-state index in [1.54, 1.807) is 12.1 Å². The first kappa shape index (κ1) is 20.0. The number of benzene rings is 2. The Morgan fingerprint density at radius 2 is 1.58 bits per heavy atom. The standard InChI is InChI=1S/C22H28O4/c1-4-5-14-25-17(3)16(2)15-26-21-12-10-19(11-13-21)18-6-8-20(9-7-18)22(23)24/h6-13,16-17H,4-5,14-15H2,1-3H3,(H,23,24)/t16-,17-/m0/s1. The van der Waals surface area contributed by atoms with E-state index in [0.29, 0.717) is 12.5 Å². The fourth-order valence-corrected chi connectivity index (χ4v) is 2.49. The Hall–Kier alpha value is -2.33. The molecule has 0 aliphatic heterocycles. The Kier molecular flexibility index (Phi) is 7.67. The zero-order chi connectivity index (χ0) is 18.9. The molecule has 0 aromatic heterocycles. The second-order valence-electron chi connectivity index (χ2n) is 6.62. The summed E-state index contributed by atoms with van der Waals surface area (Å²) in [6, 6.07) is 14.7. The molecular weight excluding hydrogens is 328 g/mol. The number of unbranched alkanes of at least 4 members (excludes halogenated alkanes) is 1. The van der Waals surface area contributed by atoms with Crippen molar-refractivity contribution in [1.29, 1.82) is 0 Å². The van der Waals surface area contributed by atoms with E-state index < -0.39 is 5.97 Å². The van der Waals surface area contributed by atoms with Gasteiger partial charge in [0, 0.05) is 12.5 Å². The minimum Gasteiger partial charge on any atom is -0.493 e. The topological polar surface area (TPSA) is 55.8 Å². The van der Waals surface area contributed by atoms with Crippen LogP contribution in [0.15, 0.2) is 48.5 Å². The SMILES string of the molecule is CCCCO[C@@H](C)[C@@H](C)COc1ccc(-c2ccc(C(=O)O)cc2)cc1. The van der Waals surface area contributed by atoms with Crippen LogP contribution in [0.2, 0.25) is 0 Å². The second-order valence-corrected chi connectivity index (χ2v) is 6.62. The van der Waals surface area contributed by atoms with Gasteiger partial charge in [-0.2, -0.15) is 0 Å². The van der Waals surface area contributed by atoms with Crippen LogP contribution >= 0.6 is 0 Å². The number of carboxylic acids is 1. The lowest BCUT2D eigenvalue weighted by molar-refractivity contribution is 0.0142. The molecule has 0 spiro atoms. The van der Waals surface area contributed by atoms with Crippen molar-refractivity contribution in [3.8, 4) is 16.9 Å². The van der Waals surface area contributed by atoms with Crippen molar-refractivity contribution in [3.05, 3.63) is 54.1 Å². The van der Waals surface area contributed by atoms with Crippen molar-refractivity contribution in [2.24, 2.45) is 5.92 Å². The summed E-state index contributed by atoms with van der Waals surface area (Å²) >= 11 is 0. The summed E-state index contributed by atoms with van der Waals surface area (Å²) in [5.74, 6) is 0.223. The maximum Gasteiger partial charge on any atom is 0.335 e. The molecule has 0 bridgehead atoms. The van der Waals surface area contributed by atoms with Gasteiger partial charge in [-0.15, -0.1) is 0 Å². The summed E-state index contributed by atoms with van der Waals surface area (Å²) in [4.78, 5) is 10.9. The molecule has 0 radical (unpaired) electrons. The number of carbonyl (C=O) groups is 1. The van der Waals surface area contributed by atoms with Crippen molar-refractivity contribution in [2.75, 3.05) is 13.2 Å². The molecule has 0 aliphatic carbocycles. The Bertz CT molecular complexity index is 676. The summed E-state index contributed by atoms with van der Waals surface area (Å²) in [7, 11) is 0. The summed E-state index contributed by atoms with van der Waals surface area (Å²) in [5, 5.41) is 8.96. The minimum absolute atomic E-state index is 0.175. The molecule has 2 rings (SSSR count). The number of hydrogen-bond acceptors (Lipinski definition) is 3. The van der Waals surface area contributed by atoms with Crippen LogP contribution in [0.1, 0.15) is 44.0 Å². The molecular formula is C22H28O4. The van der Waals surface area contributed by atoms with Crippen molar-refractivity contribution >= 4 is 5.97 Å². The fraction of sp³-hybridized carbons (Fsp3) is 0.409. The van der Waals surface area contributed by atoms with E-state index in [9.17, 15) is 4.79 Å². The molecule has 140 valence electrons. The number of aromatic carboxylic acids is 1. The molecule has 4 nitrogen and oxygen atoms in total. The molecule has 2 aromatic rings. The molecule has 0 saturated carbocycles. The molecule has 0 aliphatic rings. The third kappa shape index (κ3) is 5.88. The predicted molar refractivity (Wildman–Crippen MR) is 104 cm³/mol. The molecule has 2 atom stereocenters. The molecule has 0 fully saturated rings. The molecule has 2 aromatic carbocycles. The van der Waals surface area contributed by atoms with Gasteiger partial charge in [-0.3, -0.25) is 0 Å². The number of hydrogen-bond donors (Lipinski definition) is 1. The van der Waals surface area contributed by atoms with Gasteiger partial charge in [0.05, 0.1) is 18.3 Å². The van der Waals surface area contributed by atoms with Crippen molar-refractivity contribution in [1.82, 2.24) is 0 Å². The van der Waals surface area contributed by atoms with E-state index in [2.05, 4.69) is 20.8 Å². The highest BCUT2D eigenvalue weighted by molar-refractivity contribution is 5.88. The first-order valence-electron chi connectivity index (χ1n) is 9.19. The monoisotopic (exact) mass is 356 g/mol. The van der Waals surface area contributed by atoms with Crippen molar-refractivity contribution < 1.29 is 19.4 Å². The molecule has 0 amide bonds. The van der Waals surface area contributed by atoms with Crippen LogP contribution in [-0.2, 0) is 4.74 Å². The molecule has 4 heteroatoms. The smallest absolute Gasteiger partial charge is 0.335 e. The van der Waals surface area contributed by atoms with E-state index >= 15 is 0 Å². The van der Waals surface area contributed by atoms with E-state index in [1.165, 1.54) is 0 Å². The quantitative estimate of drug-likeness (QED) is 0.589. The number of ether oxygens (including phenoxy) is 2. The molecule has 26 heavy (non-hydrogen) atoms. The zero-order valence-electron chi connectivity index (χ0n) is 15.8. The van der Waals surface area contributed by atoms with Gasteiger partial charge in [0.1, 0.15) is 5.75 Å². The maximum atomic E-state index is 10.9. The molecule has 0 heterocycles. The van der Waals surface area contributed by atoms with Crippen LogP contribution in [0.5, 0.6) is 5.75 Å². The molecule has 0 saturated heterocycles. The van der Waals surface area contributed by atoms with Gasteiger partial charge in [-0.05, 0) is 48.7 Å². The van der Waals surface area contributed by atoms with Gasteiger partial charge >= 0.3 is 5.97 Å². The Labute approximate surface area is 155 Å². The fourth-order valence-electron chi connectivity index (χ4n) is 2.49. The Balaban J connectivity index is 1.88. The van der Waals surface area contributed by atoms with Crippen LogP contribution in [0.3, 0.4) is 0 Å². The van der Waals surface area contributed by atoms with E-state index in [0.717, 1.165) is 36.3 Å². The summed E-state index contributed by atoms with van der Waals surface area (Å²) in [5.41, 5.74) is 2.30. The number of carboxylic acid groups (broad SMARTS) is 1. The van der Waals surface area contributed by atoms with Crippen LogP contribution in [0, 0.1) is 5.92 Å². The van der Waals surface area contributed by atoms with Gasteiger partial charge in [0.15, 0.2) is 0 Å². The third-order valence-corrected chi connectivity index (χ3v) is 4.51. The van der Waals surface area contributed by atoms with E-state index in [4.69, 9.17) is 14.6 Å². The third-order valence-electron chi connectivity index (χ3n) is 4.51. The lowest BCUT2D eigenvalue weighted by atomic mass is 10.0. The lowest BCUT2D eigenvalue weighted by Crippen LogP contribution is -2.24. The number of rotatable bonds is 10. The van der Waals surface area contributed by atoms with Crippen LogP contribution in [0.25, 0.3) is 11.1 Å². The van der Waals surface area contributed by atoms with Gasteiger partial charge < -0.3 is 14.6 Å². The average Bonchev–Trinajstić information content (AvgIpc) is 2.66. The molecule has 0 unspecified atom stereocenters. The van der Waals surface area contributed by atoms with Gasteiger partial charge in [-0.25, -0.2) is 4.79 Å². The van der Waals surface area contributed by atoms with Crippen molar-refractivity contribution in [3.63, 3.8) is 0 Å². The zero-order valence-corrected chi connectivity index (χ0v) is 15.8. The van der Waals surface area contributed by atoms with Gasteiger partial charge in [0.2, 0.25) is 0 Å². The van der Waals surface area contributed by atoms with Crippen molar-refractivity contribution in [2.45, 2.75) is 39.7 Å². The lowest BCUT2D eigenvalue weighted by Gasteiger charge is -2.21. The Morgan fingerprint density at radius 1 is 1.00 bits per heavy atom. The highest BCUT2D eigenvalue weighted by Crippen LogP contribution is 2.23. The van der Waals surface area contributed by atoms with Crippen LogP contribution < -0.4 is 4.74 Å². The highest BCUT2D eigenvalue weighted by Gasteiger charge is 2.13. The Morgan fingerprint density at radius 3 is 2.12 bits per heavy atom. The summed E-state index contributed by atoms with van der Waals surface area (Å²) in [6.07, 6.45) is 2.41. The van der Waals surface area contributed by atoms with Crippen LogP contribution in [0.4, 0.5) is 0 Å². The average molecular weight is 356 g/mol.